The van der Waals surface area contributed by atoms with Crippen molar-refractivity contribution < 1.29 is 28.6 Å². The lowest BCUT2D eigenvalue weighted by Gasteiger charge is -2.17. The maximum Gasteiger partial charge on any atom is 0.413 e. The lowest BCUT2D eigenvalue weighted by molar-refractivity contribution is -0.136. The van der Waals surface area contributed by atoms with Gasteiger partial charge in [-0.2, -0.15) is 0 Å². The molecule has 34 heavy (non-hydrogen) atoms. The van der Waals surface area contributed by atoms with Gasteiger partial charge in [-0.25, -0.2) is 14.4 Å². The van der Waals surface area contributed by atoms with Crippen LogP contribution in [0.2, 0.25) is 0 Å². The topological polar surface area (TPSA) is 103 Å². The third-order valence-electron chi connectivity index (χ3n) is 4.63. The highest BCUT2D eigenvalue weighted by Crippen LogP contribution is 2.13. The second kappa shape index (κ2) is 13.3. The number of hydrogen-bond acceptors (Lipinski definition) is 6. The van der Waals surface area contributed by atoms with Gasteiger partial charge in [0.05, 0.1) is 0 Å². The van der Waals surface area contributed by atoms with Gasteiger partial charge in [0.25, 0.3) is 0 Å². The summed E-state index contributed by atoms with van der Waals surface area (Å²) in [7, 11) is 0. The number of ether oxygens (including phenoxy) is 3. The van der Waals surface area contributed by atoms with Crippen molar-refractivity contribution >= 4 is 18.2 Å². The molecule has 0 heterocycles. The first-order valence-corrected chi connectivity index (χ1v) is 10.9. The van der Waals surface area contributed by atoms with Crippen LogP contribution in [0.4, 0.5) is 9.59 Å². The van der Waals surface area contributed by atoms with Crippen molar-refractivity contribution in [2.45, 2.75) is 25.3 Å². The SMILES string of the molecule is O=C(NCCCC[C@H](NC(=O)Oc1ccccc1)C(=O)Oc1ccccc1)Oc1ccccc1. The summed E-state index contributed by atoms with van der Waals surface area (Å²) < 4.78 is 15.8. The predicted octanol–water partition coefficient (Wildman–Crippen LogP) is 4.71. The van der Waals surface area contributed by atoms with Crippen LogP contribution in [-0.4, -0.2) is 30.7 Å². The molecule has 0 aliphatic carbocycles. The average molecular weight is 463 g/mol. The highest BCUT2D eigenvalue weighted by molar-refractivity contribution is 5.83. The fourth-order valence-corrected chi connectivity index (χ4v) is 2.99. The Labute approximate surface area is 197 Å². The van der Waals surface area contributed by atoms with Crippen LogP contribution in [0.5, 0.6) is 17.2 Å². The molecule has 0 aliphatic heterocycles. The number of carbonyl (C=O) groups is 3. The van der Waals surface area contributed by atoms with Gasteiger partial charge in [-0.1, -0.05) is 54.6 Å². The van der Waals surface area contributed by atoms with Gasteiger partial charge < -0.3 is 24.8 Å². The van der Waals surface area contributed by atoms with Crippen LogP contribution < -0.4 is 24.8 Å². The summed E-state index contributed by atoms with van der Waals surface area (Å²) >= 11 is 0. The van der Waals surface area contributed by atoms with Gasteiger partial charge in [-0.15, -0.1) is 0 Å². The first-order valence-electron chi connectivity index (χ1n) is 10.9. The molecule has 0 aliphatic rings. The third kappa shape index (κ3) is 8.66. The van der Waals surface area contributed by atoms with E-state index in [2.05, 4.69) is 10.6 Å². The van der Waals surface area contributed by atoms with Crippen molar-refractivity contribution in [2.75, 3.05) is 6.54 Å². The van der Waals surface area contributed by atoms with Crippen molar-refractivity contribution in [2.24, 2.45) is 0 Å². The molecule has 3 aromatic carbocycles. The van der Waals surface area contributed by atoms with E-state index in [9.17, 15) is 14.4 Å². The van der Waals surface area contributed by atoms with Crippen LogP contribution >= 0.6 is 0 Å². The molecule has 2 N–H and O–H groups in total. The van der Waals surface area contributed by atoms with Gasteiger partial charge in [0.2, 0.25) is 0 Å². The van der Waals surface area contributed by atoms with E-state index in [0.29, 0.717) is 43.1 Å². The van der Waals surface area contributed by atoms with Gasteiger partial charge in [-0.3, -0.25) is 0 Å². The third-order valence-corrected chi connectivity index (χ3v) is 4.63. The first-order chi connectivity index (χ1) is 16.6. The summed E-state index contributed by atoms with van der Waals surface area (Å²) in [5.74, 6) is 0.579. The monoisotopic (exact) mass is 462 g/mol. The first kappa shape index (κ1) is 24.3. The van der Waals surface area contributed by atoms with Crippen LogP contribution in [-0.2, 0) is 4.79 Å². The smallest absolute Gasteiger partial charge is 0.413 e. The maximum absolute atomic E-state index is 12.7. The Morgan fingerprint density at radius 1 is 0.618 bits per heavy atom. The van der Waals surface area contributed by atoms with Gasteiger partial charge >= 0.3 is 18.2 Å². The molecule has 0 fully saturated rings. The minimum absolute atomic E-state index is 0.297. The normalized spacial score (nSPS) is 11.1. The zero-order chi connectivity index (χ0) is 24.0. The van der Waals surface area contributed by atoms with E-state index in [0.717, 1.165) is 0 Å². The molecule has 3 rings (SSSR count). The van der Waals surface area contributed by atoms with E-state index in [1.807, 2.05) is 6.07 Å². The quantitative estimate of drug-likeness (QED) is 0.257. The Bertz CT molecular complexity index is 1040. The summed E-state index contributed by atoms with van der Waals surface area (Å²) in [6, 6.07) is 25.0. The number of carbonyl (C=O) groups excluding carboxylic acids is 3. The Morgan fingerprint density at radius 2 is 1.09 bits per heavy atom. The number of unbranched alkanes of at least 4 members (excludes halogenated alkanes) is 1. The molecule has 0 saturated carbocycles. The molecule has 0 aromatic heterocycles. The second-order valence-corrected chi connectivity index (χ2v) is 7.26. The van der Waals surface area contributed by atoms with Crippen molar-refractivity contribution in [3.8, 4) is 17.2 Å². The van der Waals surface area contributed by atoms with E-state index < -0.39 is 24.2 Å². The zero-order valence-electron chi connectivity index (χ0n) is 18.5. The van der Waals surface area contributed by atoms with E-state index in [4.69, 9.17) is 14.2 Å². The number of para-hydroxylation sites is 3. The predicted molar refractivity (Wildman–Crippen MR) is 126 cm³/mol. The van der Waals surface area contributed by atoms with Gasteiger partial charge in [-0.05, 0) is 55.7 Å². The minimum Gasteiger partial charge on any atom is -0.425 e. The molecule has 2 amide bonds. The molecule has 0 radical (unpaired) electrons. The van der Waals surface area contributed by atoms with E-state index >= 15 is 0 Å². The van der Waals surface area contributed by atoms with Crippen LogP contribution in [0.25, 0.3) is 0 Å². The average Bonchev–Trinajstić information content (AvgIpc) is 2.85. The number of hydrogen-bond donors (Lipinski definition) is 2. The molecule has 176 valence electrons. The highest BCUT2D eigenvalue weighted by atomic mass is 16.6. The molecule has 1 atom stereocenters. The number of esters is 1. The summed E-state index contributed by atoms with van der Waals surface area (Å²) in [5.41, 5.74) is 0. The number of benzene rings is 3. The van der Waals surface area contributed by atoms with Crippen LogP contribution in [0, 0.1) is 0 Å². The van der Waals surface area contributed by atoms with Crippen molar-refractivity contribution in [3.63, 3.8) is 0 Å². The summed E-state index contributed by atoms with van der Waals surface area (Å²) in [6.45, 7) is 0.348. The molecule has 0 bridgehead atoms. The molecule has 8 heteroatoms. The zero-order valence-corrected chi connectivity index (χ0v) is 18.5. The van der Waals surface area contributed by atoms with E-state index in [-0.39, 0.29) is 0 Å². The molecule has 8 nitrogen and oxygen atoms in total. The van der Waals surface area contributed by atoms with Gasteiger partial charge in [0.15, 0.2) is 0 Å². The summed E-state index contributed by atoms with van der Waals surface area (Å²) in [6.07, 6.45) is 0.0760. The molecule has 0 saturated heterocycles. The lowest BCUT2D eigenvalue weighted by atomic mass is 10.1. The van der Waals surface area contributed by atoms with Crippen molar-refractivity contribution in [1.82, 2.24) is 10.6 Å². The molecular weight excluding hydrogens is 436 g/mol. The van der Waals surface area contributed by atoms with E-state index in [1.54, 1.807) is 84.9 Å². The minimum atomic E-state index is -0.923. The maximum atomic E-state index is 12.7. The Kier molecular flexibility index (Phi) is 9.49. The number of amides is 2. The van der Waals surface area contributed by atoms with Gasteiger partial charge in [0.1, 0.15) is 23.3 Å². The standard InChI is InChI=1S/C26H26N2O6/c29-24(32-20-12-4-1-5-13-20)23(28-26(31)34-22-16-8-3-9-17-22)18-10-11-19-27-25(30)33-21-14-6-2-7-15-21/h1-9,12-17,23H,10-11,18-19H2,(H,27,30)(H,28,31)/t23-/m0/s1. The van der Waals surface area contributed by atoms with Crippen LogP contribution in [0.1, 0.15) is 19.3 Å². The largest absolute Gasteiger partial charge is 0.425 e. The van der Waals surface area contributed by atoms with E-state index in [1.165, 1.54) is 0 Å². The van der Waals surface area contributed by atoms with Crippen molar-refractivity contribution in [1.29, 1.82) is 0 Å². The molecular formula is C26H26N2O6. The lowest BCUT2D eigenvalue weighted by Crippen LogP contribution is -2.44. The Morgan fingerprint density at radius 3 is 1.62 bits per heavy atom. The number of nitrogens with one attached hydrogen (secondary N) is 2. The fraction of sp³-hybridized carbons (Fsp3) is 0.192. The Balaban J connectivity index is 1.48. The summed E-state index contributed by atoms with van der Waals surface area (Å²) in [4.78, 5) is 36.9. The second-order valence-electron chi connectivity index (χ2n) is 7.26. The van der Waals surface area contributed by atoms with Gasteiger partial charge in [0, 0.05) is 6.54 Å². The molecule has 3 aromatic rings. The summed E-state index contributed by atoms with van der Waals surface area (Å²) in [5, 5.41) is 5.23. The fourth-order valence-electron chi connectivity index (χ4n) is 2.99. The highest BCUT2D eigenvalue weighted by Gasteiger charge is 2.23. The van der Waals surface area contributed by atoms with Crippen LogP contribution in [0.3, 0.4) is 0 Å². The van der Waals surface area contributed by atoms with Crippen LogP contribution in [0.15, 0.2) is 91.0 Å². The molecule has 0 spiro atoms. The molecule has 0 unspecified atom stereocenters. The van der Waals surface area contributed by atoms with Crippen molar-refractivity contribution in [3.05, 3.63) is 91.0 Å². The Hall–Kier alpha value is -4.33. The number of rotatable bonds is 10.